The molecule has 2 aromatic carbocycles. The van der Waals surface area contributed by atoms with E-state index < -0.39 is 12.1 Å². The molecule has 1 amide bonds. The van der Waals surface area contributed by atoms with Gasteiger partial charge in [-0.1, -0.05) is 49.2 Å². The first-order chi connectivity index (χ1) is 11.1. The quantitative estimate of drug-likeness (QED) is 0.880. The highest BCUT2D eigenvalue weighted by molar-refractivity contribution is 6.05. The van der Waals surface area contributed by atoms with Crippen molar-refractivity contribution in [3.05, 3.63) is 48.0 Å². The van der Waals surface area contributed by atoms with E-state index in [1.54, 1.807) is 13.0 Å². The molecule has 0 radical (unpaired) electrons. The molecule has 1 N–H and O–H groups in total. The number of ether oxygens (including phenoxy) is 1. The molecule has 1 aliphatic rings. The molecular formula is C19H21NO3. The Labute approximate surface area is 135 Å². The van der Waals surface area contributed by atoms with Crippen LogP contribution in [0.25, 0.3) is 10.8 Å². The van der Waals surface area contributed by atoms with Crippen molar-refractivity contribution in [1.82, 2.24) is 5.32 Å². The minimum atomic E-state index is -0.790. The lowest BCUT2D eigenvalue weighted by Gasteiger charge is -2.17. The summed E-state index contributed by atoms with van der Waals surface area (Å²) >= 11 is 0. The molecule has 1 fully saturated rings. The van der Waals surface area contributed by atoms with Gasteiger partial charge in [0.25, 0.3) is 5.91 Å². The Morgan fingerprint density at radius 1 is 1.09 bits per heavy atom. The predicted octanol–water partition coefficient (Wildman–Crippen LogP) is 3.44. The molecule has 1 unspecified atom stereocenters. The molecule has 23 heavy (non-hydrogen) atoms. The topological polar surface area (TPSA) is 55.4 Å². The number of fused-ring (bicyclic) bond motifs is 1. The van der Waals surface area contributed by atoms with Gasteiger partial charge in [-0.3, -0.25) is 4.79 Å². The molecular weight excluding hydrogens is 290 g/mol. The van der Waals surface area contributed by atoms with Crippen LogP contribution in [0.4, 0.5) is 0 Å². The van der Waals surface area contributed by atoms with E-state index in [1.807, 2.05) is 36.4 Å². The summed E-state index contributed by atoms with van der Waals surface area (Å²) in [6.45, 7) is 1.62. The molecule has 0 heterocycles. The molecule has 0 saturated heterocycles. The maximum absolute atomic E-state index is 12.4. The number of rotatable bonds is 4. The van der Waals surface area contributed by atoms with Crippen molar-refractivity contribution in [2.24, 2.45) is 0 Å². The maximum Gasteiger partial charge on any atom is 0.339 e. The fourth-order valence-corrected chi connectivity index (χ4v) is 3.07. The molecule has 2 aromatic rings. The highest BCUT2D eigenvalue weighted by atomic mass is 16.5. The molecule has 1 saturated carbocycles. The van der Waals surface area contributed by atoms with Crippen molar-refractivity contribution >= 4 is 22.6 Å². The molecule has 0 spiro atoms. The number of nitrogens with one attached hydrogen (secondary N) is 1. The lowest BCUT2D eigenvalue weighted by Crippen LogP contribution is -2.40. The van der Waals surface area contributed by atoms with Gasteiger partial charge in [-0.25, -0.2) is 4.79 Å². The third kappa shape index (κ3) is 3.52. The van der Waals surface area contributed by atoms with Gasteiger partial charge in [0.15, 0.2) is 6.10 Å². The largest absolute Gasteiger partial charge is 0.449 e. The van der Waals surface area contributed by atoms with Crippen LogP contribution in [0.15, 0.2) is 42.5 Å². The fraction of sp³-hybridized carbons (Fsp3) is 0.368. The Morgan fingerprint density at radius 2 is 1.78 bits per heavy atom. The van der Waals surface area contributed by atoms with Crippen LogP contribution in [0.5, 0.6) is 0 Å². The second-order valence-electron chi connectivity index (χ2n) is 6.06. The Morgan fingerprint density at radius 3 is 2.57 bits per heavy atom. The number of benzene rings is 2. The third-order valence-electron chi connectivity index (χ3n) is 4.36. The Kier molecular flexibility index (Phi) is 4.60. The minimum Gasteiger partial charge on any atom is -0.449 e. The number of amides is 1. The van der Waals surface area contributed by atoms with Gasteiger partial charge in [0.05, 0.1) is 5.56 Å². The van der Waals surface area contributed by atoms with E-state index in [0.717, 1.165) is 36.5 Å². The van der Waals surface area contributed by atoms with E-state index in [2.05, 4.69) is 5.32 Å². The van der Waals surface area contributed by atoms with Gasteiger partial charge in [-0.15, -0.1) is 0 Å². The summed E-state index contributed by atoms with van der Waals surface area (Å²) in [5.74, 6) is -0.679. The SMILES string of the molecule is CC(OC(=O)c1cccc2ccccc12)C(=O)NC1CCCC1. The van der Waals surface area contributed by atoms with Gasteiger partial charge in [0, 0.05) is 6.04 Å². The minimum absolute atomic E-state index is 0.217. The summed E-state index contributed by atoms with van der Waals surface area (Å²) in [5, 5.41) is 4.77. The molecule has 3 rings (SSSR count). The van der Waals surface area contributed by atoms with E-state index >= 15 is 0 Å². The number of carbonyl (C=O) groups is 2. The van der Waals surface area contributed by atoms with Crippen LogP contribution in [0.2, 0.25) is 0 Å². The lowest BCUT2D eigenvalue weighted by molar-refractivity contribution is -0.129. The zero-order chi connectivity index (χ0) is 16.2. The van der Waals surface area contributed by atoms with E-state index in [1.165, 1.54) is 0 Å². The molecule has 4 heteroatoms. The normalized spacial score (nSPS) is 16.2. The predicted molar refractivity (Wildman–Crippen MR) is 89.2 cm³/mol. The van der Waals surface area contributed by atoms with E-state index in [0.29, 0.717) is 5.56 Å². The van der Waals surface area contributed by atoms with Crippen LogP contribution in [-0.2, 0) is 9.53 Å². The van der Waals surface area contributed by atoms with Crippen LogP contribution in [0.1, 0.15) is 43.0 Å². The molecule has 1 aliphatic carbocycles. The van der Waals surface area contributed by atoms with Gasteiger partial charge >= 0.3 is 5.97 Å². The fourth-order valence-electron chi connectivity index (χ4n) is 3.07. The van der Waals surface area contributed by atoms with Crippen LogP contribution in [-0.4, -0.2) is 24.0 Å². The van der Waals surface area contributed by atoms with Gasteiger partial charge in [0.1, 0.15) is 0 Å². The van der Waals surface area contributed by atoms with Gasteiger partial charge in [0.2, 0.25) is 0 Å². The number of hydrogen-bond acceptors (Lipinski definition) is 3. The number of carbonyl (C=O) groups excluding carboxylic acids is 2. The molecule has 0 aliphatic heterocycles. The van der Waals surface area contributed by atoms with Crippen molar-refractivity contribution in [2.75, 3.05) is 0 Å². The second kappa shape index (κ2) is 6.82. The molecule has 4 nitrogen and oxygen atoms in total. The summed E-state index contributed by atoms with van der Waals surface area (Å²) in [6, 6.07) is 13.4. The first kappa shape index (κ1) is 15.5. The molecule has 0 aromatic heterocycles. The Hall–Kier alpha value is -2.36. The summed E-state index contributed by atoms with van der Waals surface area (Å²) < 4.78 is 5.37. The average molecular weight is 311 g/mol. The zero-order valence-corrected chi connectivity index (χ0v) is 13.2. The van der Waals surface area contributed by atoms with Crippen LogP contribution in [0.3, 0.4) is 0 Å². The van der Waals surface area contributed by atoms with Crippen molar-refractivity contribution < 1.29 is 14.3 Å². The average Bonchev–Trinajstić information content (AvgIpc) is 3.07. The van der Waals surface area contributed by atoms with Gasteiger partial charge < -0.3 is 10.1 Å². The highest BCUT2D eigenvalue weighted by Gasteiger charge is 2.24. The van der Waals surface area contributed by atoms with Crippen LogP contribution in [0, 0.1) is 0 Å². The van der Waals surface area contributed by atoms with Gasteiger partial charge in [-0.2, -0.15) is 0 Å². The number of esters is 1. The Balaban J connectivity index is 1.69. The van der Waals surface area contributed by atoms with Gasteiger partial charge in [-0.05, 0) is 36.6 Å². The van der Waals surface area contributed by atoms with Crippen LogP contribution >= 0.6 is 0 Å². The summed E-state index contributed by atoms with van der Waals surface area (Å²) in [6.07, 6.45) is 3.53. The molecule has 1 atom stereocenters. The van der Waals surface area contributed by atoms with Crippen molar-refractivity contribution in [3.63, 3.8) is 0 Å². The summed E-state index contributed by atoms with van der Waals surface area (Å²) in [7, 11) is 0. The highest BCUT2D eigenvalue weighted by Crippen LogP contribution is 2.20. The summed E-state index contributed by atoms with van der Waals surface area (Å²) in [4.78, 5) is 24.5. The van der Waals surface area contributed by atoms with Crippen molar-refractivity contribution in [2.45, 2.75) is 44.8 Å². The zero-order valence-electron chi connectivity index (χ0n) is 13.2. The molecule has 0 bridgehead atoms. The maximum atomic E-state index is 12.4. The van der Waals surface area contributed by atoms with E-state index in [4.69, 9.17) is 4.74 Å². The summed E-state index contributed by atoms with van der Waals surface area (Å²) in [5.41, 5.74) is 0.489. The van der Waals surface area contributed by atoms with E-state index in [-0.39, 0.29) is 11.9 Å². The Bertz CT molecular complexity index is 714. The molecule has 120 valence electrons. The van der Waals surface area contributed by atoms with Crippen molar-refractivity contribution in [3.8, 4) is 0 Å². The lowest BCUT2D eigenvalue weighted by atomic mass is 10.0. The first-order valence-electron chi connectivity index (χ1n) is 8.14. The van der Waals surface area contributed by atoms with Crippen LogP contribution < -0.4 is 5.32 Å². The second-order valence-corrected chi connectivity index (χ2v) is 6.06. The standard InChI is InChI=1S/C19H21NO3/c1-13(18(21)20-15-9-3-4-10-15)23-19(22)17-12-6-8-14-7-2-5-11-16(14)17/h2,5-8,11-13,15H,3-4,9-10H2,1H3,(H,20,21). The van der Waals surface area contributed by atoms with Crippen molar-refractivity contribution in [1.29, 1.82) is 0 Å². The first-order valence-corrected chi connectivity index (χ1v) is 8.14. The monoisotopic (exact) mass is 311 g/mol. The third-order valence-corrected chi connectivity index (χ3v) is 4.36. The number of hydrogen-bond donors (Lipinski definition) is 1. The van der Waals surface area contributed by atoms with E-state index in [9.17, 15) is 9.59 Å². The smallest absolute Gasteiger partial charge is 0.339 e.